The van der Waals surface area contributed by atoms with E-state index >= 15 is 0 Å². The molecule has 8 heteroatoms. The van der Waals surface area contributed by atoms with Crippen LogP contribution in [0.3, 0.4) is 0 Å². The van der Waals surface area contributed by atoms with Crippen molar-refractivity contribution in [2.24, 2.45) is 7.05 Å². The Balaban J connectivity index is 1.63. The summed E-state index contributed by atoms with van der Waals surface area (Å²) in [5.41, 5.74) is 2.73. The molecular formula is C19H17ClN6O. The van der Waals surface area contributed by atoms with Gasteiger partial charge in [-0.1, -0.05) is 29.3 Å². The Morgan fingerprint density at radius 1 is 1.19 bits per heavy atom. The van der Waals surface area contributed by atoms with Gasteiger partial charge in [0.25, 0.3) is 5.91 Å². The third-order valence-electron chi connectivity index (χ3n) is 4.37. The lowest BCUT2D eigenvalue weighted by atomic mass is 10.2. The first-order chi connectivity index (χ1) is 13.0. The number of nitrogens with zero attached hydrogens (tertiary/aromatic N) is 5. The number of carbonyl (C=O) groups excluding carboxylic acids is 1. The van der Waals surface area contributed by atoms with Crippen molar-refractivity contribution >= 4 is 34.2 Å². The maximum Gasteiger partial charge on any atom is 0.258 e. The molecule has 3 heterocycles. The van der Waals surface area contributed by atoms with Crippen molar-refractivity contribution in [3.05, 3.63) is 71.0 Å². The van der Waals surface area contributed by atoms with Crippen molar-refractivity contribution in [1.82, 2.24) is 24.3 Å². The summed E-state index contributed by atoms with van der Waals surface area (Å²) in [6.07, 6.45) is 6.70. The number of nitrogens with one attached hydrogen (secondary N) is 1. The molecule has 0 aliphatic carbocycles. The molecule has 0 fully saturated rings. The Morgan fingerprint density at radius 3 is 2.67 bits per heavy atom. The van der Waals surface area contributed by atoms with E-state index in [9.17, 15) is 4.79 Å². The summed E-state index contributed by atoms with van der Waals surface area (Å²) in [5.74, 6) is 0.536. The number of hydrogen-bond acceptors (Lipinski definition) is 4. The number of benzene rings is 1. The third-order valence-corrected chi connectivity index (χ3v) is 4.77. The zero-order valence-electron chi connectivity index (χ0n) is 14.8. The Labute approximate surface area is 160 Å². The van der Waals surface area contributed by atoms with Gasteiger partial charge < -0.3 is 9.88 Å². The Bertz CT molecular complexity index is 1130. The first-order valence-corrected chi connectivity index (χ1v) is 8.75. The van der Waals surface area contributed by atoms with E-state index in [0.717, 1.165) is 11.4 Å². The average molecular weight is 381 g/mol. The maximum atomic E-state index is 12.6. The van der Waals surface area contributed by atoms with Crippen LogP contribution in [0.5, 0.6) is 0 Å². The summed E-state index contributed by atoms with van der Waals surface area (Å²) < 4.78 is 3.63. The van der Waals surface area contributed by atoms with E-state index in [2.05, 4.69) is 20.4 Å². The van der Waals surface area contributed by atoms with Gasteiger partial charge in [-0.25, -0.2) is 14.6 Å². The highest BCUT2D eigenvalue weighted by atomic mass is 35.5. The van der Waals surface area contributed by atoms with Gasteiger partial charge in [-0.05, 0) is 19.1 Å². The van der Waals surface area contributed by atoms with E-state index in [0.29, 0.717) is 33.9 Å². The van der Waals surface area contributed by atoms with Gasteiger partial charge in [0.15, 0.2) is 5.65 Å². The van der Waals surface area contributed by atoms with Gasteiger partial charge in [0.1, 0.15) is 12.4 Å². The summed E-state index contributed by atoms with van der Waals surface area (Å²) in [4.78, 5) is 21.3. The highest BCUT2D eigenvalue weighted by molar-refractivity contribution is 6.38. The molecule has 0 saturated heterocycles. The van der Waals surface area contributed by atoms with Gasteiger partial charge in [0.05, 0.1) is 22.2 Å². The van der Waals surface area contributed by atoms with E-state index in [-0.39, 0.29) is 5.91 Å². The van der Waals surface area contributed by atoms with Gasteiger partial charge in [-0.2, -0.15) is 5.10 Å². The van der Waals surface area contributed by atoms with Crippen LogP contribution in [0.4, 0.5) is 5.69 Å². The number of hydrogen-bond donors (Lipinski definition) is 1. The van der Waals surface area contributed by atoms with E-state index in [4.69, 9.17) is 11.6 Å². The number of carbonyl (C=O) groups is 1. The molecule has 0 spiro atoms. The zero-order valence-corrected chi connectivity index (χ0v) is 15.6. The van der Waals surface area contributed by atoms with Crippen LogP contribution in [-0.2, 0) is 13.6 Å². The molecule has 0 aliphatic heterocycles. The molecule has 0 aliphatic rings. The van der Waals surface area contributed by atoms with Gasteiger partial charge in [0.2, 0.25) is 0 Å². The number of imidazole rings is 1. The first kappa shape index (κ1) is 17.2. The van der Waals surface area contributed by atoms with Gasteiger partial charge >= 0.3 is 0 Å². The van der Waals surface area contributed by atoms with E-state index in [1.54, 1.807) is 17.1 Å². The summed E-state index contributed by atoms with van der Waals surface area (Å²) in [6, 6.07) is 7.55. The van der Waals surface area contributed by atoms with Crippen LogP contribution in [0.25, 0.3) is 11.0 Å². The number of amides is 1. The molecule has 0 unspecified atom stereocenters. The van der Waals surface area contributed by atoms with Crippen molar-refractivity contribution < 1.29 is 4.79 Å². The largest absolute Gasteiger partial charge is 0.336 e. The Hall–Kier alpha value is -3.19. The summed E-state index contributed by atoms with van der Waals surface area (Å²) in [5, 5.41) is 8.15. The number of anilines is 1. The van der Waals surface area contributed by atoms with Crippen LogP contribution in [0, 0.1) is 6.92 Å². The average Bonchev–Trinajstić information content (AvgIpc) is 3.25. The monoisotopic (exact) mass is 380 g/mol. The van der Waals surface area contributed by atoms with Crippen molar-refractivity contribution in [3.8, 4) is 0 Å². The van der Waals surface area contributed by atoms with E-state index in [1.165, 1.54) is 6.20 Å². The smallest absolute Gasteiger partial charge is 0.258 e. The number of aromatic nitrogens is 5. The Kier molecular flexibility index (Phi) is 4.37. The van der Waals surface area contributed by atoms with Crippen LogP contribution in [-0.4, -0.2) is 30.2 Å². The minimum absolute atomic E-state index is 0.307. The molecule has 0 radical (unpaired) electrons. The predicted octanol–water partition coefficient (Wildman–Crippen LogP) is 3.43. The third kappa shape index (κ3) is 3.29. The first-order valence-electron chi connectivity index (χ1n) is 8.37. The fourth-order valence-electron chi connectivity index (χ4n) is 2.79. The zero-order chi connectivity index (χ0) is 19.0. The van der Waals surface area contributed by atoms with Crippen molar-refractivity contribution in [3.63, 3.8) is 0 Å². The van der Waals surface area contributed by atoms with E-state index < -0.39 is 0 Å². The molecule has 1 N–H and O–H groups in total. The molecule has 27 heavy (non-hydrogen) atoms. The van der Waals surface area contributed by atoms with Crippen molar-refractivity contribution in [1.29, 1.82) is 0 Å². The molecule has 0 saturated carbocycles. The van der Waals surface area contributed by atoms with Crippen LogP contribution < -0.4 is 5.32 Å². The van der Waals surface area contributed by atoms with E-state index in [1.807, 2.05) is 49.0 Å². The van der Waals surface area contributed by atoms with Crippen molar-refractivity contribution in [2.45, 2.75) is 13.5 Å². The lowest BCUT2D eigenvalue weighted by Crippen LogP contribution is -2.13. The fourth-order valence-corrected chi connectivity index (χ4v) is 3.06. The Morgan fingerprint density at radius 2 is 1.96 bits per heavy atom. The molecule has 0 bridgehead atoms. The minimum Gasteiger partial charge on any atom is -0.336 e. The predicted molar refractivity (Wildman–Crippen MR) is 104 cm³/mol. The summed E-state index contributed by atoms with van der Waals surface area (Å²) in [7, 11) is 1.92. The quantitative estimate of drug-likeness (QED) is 0.588. The van der Waals surface area contributed by atoms with Crippen LogP contribution >= 0.6 is 11.6 Å². The van der Waals surface area contributed by atoms with Crippen LogP contribution in [0.1, 0.15) is 21.7 Å². The highest BCUT2D eigenvalue weighted by Crippen LogP contribution is 2.26. The molecule has 4 aromatic rings. The van der Waals surface area contributed by atoms with Gasteiger partial charge in [0, 0.05) is 31.3 Å². The molecule has 1 amide bonds. The van der Waals surface area contributed by atoms with Gasteiger partial charge in [-0.3, -0.25) is 4.79 Å². The summed E-state index contributed by atoms with van der Waals surface area (Å²) >= 11 is 6.48. The highest BCUT2D eigenvalue weighted by Gasteiger charge is 2.17. The SMILES string of the molecule is Cc1ccc(NC(=O)c2cnc3c(cnn3Cc3nccn3C)c2Cl)cc1. The number of aryl methyl sites for hydroxylation is 2. The lowest BCUT2D eigenvalue weighted by Gasteiger charge is -2.08. The molecule has 0 atom stereocenters. The second-order valence-electron chi connectivity index (χ2n) is 6.30. The molecule has 1 aromatic carbocycles. The van der Waals surface area contributed by atoms with Crippen LogP contribution in [0.2, 0.25) is 5.02 Å². The standard InChI is InChI=1S/C19H17ClN6O/c1-12-3-5-13(6-4-12)24-19(27)15-9-22-18-14(17(15)20)10-23-26(18)11-16-21-7-8-25(16)2/h3-10H,11H2,1-2H3,(H,24,27). The molecule has 136 valence electrons. The number of pyridine rings is 1. The number of fused-ring (bicyclic) bond motifs is 1. The summed E-state index contributed by atoms with van der Waals surface area (Å²) in [6.45, 7) is 2.45. The molecule has 4 rings (SSSR count). The number of halogens is 1. The molecular weight excluding hydrogens is 364 g/mol. The second-order valence-corrected chi connectivity index (χ2v) is 6.68. The van der Waals surface area contributed by atoms with Crippen LogP contribution in [0.15, 0.2) is 49.1 Å². The number of rotatable bonds is 4. The fraction of sp³-hybridized carbons (Fsp3) is 0.158. The molecule has 3 aromatic heterocycles. The normalized spacial score (nSPS) is 11.1. The van der Waals surface area contributed by atoms with Crippen molar-refractivity contribution in [2.75, 3.05) is 5.32 Å². The maximum absolute atomic E-state index is 12.6. The topological polar surface area (TPSA) is 77.6 Å². The lowest BCUT2D eigenvalue weighted by molar-refractivity contribution is 0.102. The molecule has 7 nitrogen and oxygen atoms in total. The van der Waals surface area contributed by atoms with Gasteiger partial charge in [-0.15, -0.1) is 0 Å². The second kappa shape index (κ2) is 6.85. The minimum atomic E-state index is -0.310.